The van der Waals surface area contributed by atoms with Crippen LogP contribution in [0.5, 0.6) is 5.75 Å². The van der Waals surface area contributed by atoms with Crippen molar-refractivity contribution in [1.29, 1.82) is 5.26 Å². The molecular weight excluding hydrogens is 209 g/mol. The van der Waals surface area contributed by atoms with Crippen molar-refractivity contribution in [1.82, 2.24) is 0 Å². The van der Waals surface area contributed by atoms with Crippen molar-refractivity contribution >= 4 is 0 Å². The first kappa shape index (κ1) is 12.5. The third-order valence-corrected chi connectivity index (χ3v) is 1.85. The molecule has 0 fully saturated rings. The Bertz CT molecular complexity index is 374. The van der Waals surface area contributed by atoms with Gasteiger partial charge in [-0.15, -0.1) is 0 Å². The van der Waals surface area contributed by atoms with E-state index in [1.165, 1.54) is 18.2 Å². The number of rotatable bonds is 6. The van der Waals surface area contributed by atoms with E-state index < -0.39 is 5.82 Å². The Hall–Kier alpha value is -1.60. The summed E-state index contributed by atoms with van der Waals surface area (Å²) < 4.78 is 23.4. The Kier molecular flexibility index (Phi) is 5.30. The first-order chi connectivity index (χ1) is 7.76. The third kappa shape index (κ3) is 4.28. The number of hydrogen-bond donors (Lipinski definition) is 0. The van der Waals surface area contributed by atoms with Crippen LogP contribution >= 0.6 is 0 Å². The van der Waals surface area contributed by atoms with Gasteiger partial charge in [-0.05, 0) is 18.6 Å². The van der Waals surface area contributed by atoms with Crippen molar-refractivity contribution in [2.45, 2.75) is 13.3 Å². The second kappa shape index (κ2) is 6.81. The summed E-state index contributed by atoms with van der Waals surface area (Å²) in [5, 5.41) is 8.63. The van der Waals surface area contributed by atoms with Crippen molar-refractivity contribution in [3.63, 3.8) is 0 Å². The molecule has 0 aliphatic heterocycles. The van der Waals surface area contributed by atoms with Crippen LogP contribution in [0.1, 0.15) is 18.9 Å². The zero-order chi connectivity index (χ0) is 11.8. The Labute approximate surface area is 94.4 Å². The number of nitrogens with zero attached hydrogens (tertiary/aromatic N) is 1. The molecule has 0 saturated heterocycles. The van der Waals surface area contributed by atoms with Gasteiger partial charge < -0.3 is 9.47 Å². The van der Waals surface area contributed by atoms with Gasteiger partial charge in [-0.1, -0.05) is 6.92 Å². The normalized spacial score (nSPS) is 9.81. The summed E-state index contributed by atoms with van der Waals surface area (Å²) in [5.41, 5.74) is 0.254. The Morgan fingerprint density at radius 3 is 2.75 bits per heavy atom. The second-order valence-corrected chi connectivity index (χ2v) is 3.25. The SMILES string of the molecule is CCCOCCOc1cc(F)cc(C#N)c1. The number of hydrogen-bond acceptors (Lipinski definition) is 3. The molecule has 0 radical (unpaired) electrons. The molecule has 86 valence electrons. The largest absolute Gasteiger partial charge is 0.491 e. The quantitative estimate of drug-likeness (QED) is 0.696. The van der Waals surface area contributed by atoms with Gasteiger partial charge in [-0.25, -0.2) is 4.39 Å². The molecule has 16 heavy (non-hydrogen) atoms. The van der Waals surface area contributed by atoms with E-state index in [0.29, 0.717) is 25.6 Å². The molecule has 0 saturated carbocycles. The Morgan fingerprint density at radius 1 is 1.25 bits per heavy atom. The van der Waals surface area contributed by atoms with Crippen LogP contribution < -0.4 is 4.74 Å². The lowest BCUT2D eigenvalue weighted by atomic mass is 10.2. The van der Waals surface area contributed by atoms with Gasteiger partial charge in [0.2, 0.25) is 0 Å². The van der Waals surface area contributed by atoms with Crippen LogP contribution in [0.25, 0.3) is 0 Å². The molecule has 1 aromatic carbocycles. The second-order valence-electron chi connectivity index (χ2n) is 3.25. The molecule has 1 aromatic rings. The fraction of sp³-hybridized carbons (Fsp3) is 0.417. The van der Waals surface area contributed by atoms with Crippen LogP contribution in [0.3, 0.4) is 0 Å². The third-order valence-electron chi connectivity index (χ3n) is 1.85. The van der Waals surface area contributed by atoms with Crippen LogP contribution in [0, 0.1) is 17.1 Å². The van der Waals surface area contributed by atoms with Crippen molar-refractivity contribution < 1.29 is 13.9 Å². The monoisotopic (exact) mass is 223 g/mol. The van der Waals surface area contributed by atoms with E-state index in [9.17, 15) is 4.39 Å². The molecule has 0 unspecified atom stereocenters. The van der Waals surface area contributed by atoms with E-state index in [0.717, 1.165) is 6.42 Å². The van der Waals surface area contributed by atoms with E-state index >= 15 is 0 Å². The zero-order valence-corrected chi connectivity index (χ0v) is 9.20. The molecule has 0 atom stereocenters. The lowest BCUT2D eigenvalue weighted by Crippen LogP contribution is -2.07. The van der Waals surface area contributed by atoms with Gasteiger partial charge in [0.25, 0.3) is 0 Å². The number of ether oxygens (including phenoxy) is 2. The summed E-state index contributed by atoms with van der Waals surface area (Å²) >= 11 is 0. The minimum atomic E-state index is -0.469. The van der Waals surface area contributed by atoms with E-state index in [-0.39, 0.29) is 5.56 Å². The molecule has 0 amide bonds. The summed E-state index contributed by atoms with van der Waals surface area (Å²) in [6.07, 6.45) is 0.957. The van der Waals surface area contributed by atoms with Gasteiger partial charge in [-0.3, -0.25) is 0 Å². The molecule has 0 aliphatic rings. The van der Waals surface area contributed by atoms with E-state index in [2.05, 4.69) is 0 Å². The van der Waals surface area contributed by atoms with Crippen LogP contribution in [-0.4, -0.2) is 19.8 Å². The smallest absolute Gasteiger partial charge is 0.128 e. The molecule has 4 heteroatoms. The zero-order valence-electron chi connectivity index (χ0n) is 9.20. The predicted molar refractivity (Wildman–Crippen MR) is 57.7 cm³/mol. The van der Waals surface area contributed by atoms with Crippen molar-refractivity contribution in [3.05, 3.63) is 29.6 Å². The minimum Gasteiger partial charge on any atom is -0.491 e. The molecular formula is C12H14FNO2. The van der Waals surface area contributed by atoms with E-state index in [4.69, 9.17) is 14.7 Å². The van der Waals surface area contributed by atoms with Gasteiger partial charge in [-0.2, -0.15) is 5.26 Å². The maximum atomic E-state index is 13.0. The van der Waals surface area contributed by atoms with Gasteiger partial charge in [0.1, 0.15) is 18.2 Å². The molecule has 0 spiro atoms. The number of halogens is 1. The molecule has 1 rings (SSSR count). The minimum absolute atomic E-state index is 0.254. The van der Waals surface area contributed by atoms with Crippen LogP contribution in [0.2, 0.25) is 0 Å². The molecule has 0 aliphatic carbocycles. The van der Waals surface area contributed by atoms with Crippen molar-refractivity contribution in [2.75, 3.05) is 19.8 Å². The van der Waals surface area contributed by atoms with Gasteiger partial charge in [0.15, 0.2) is 0 Å². The summed E-state index contributed by atoms with van der Waals surface area (Å²) in [5.74, 6) is -0.111. The summed E-state index contributed by atoms with van der Waals surface area (Å²) in [4.78, 5) is 0. The van der Waals surface area contributed by atoms with E-state index in [1.54, 1.807) is 0 Å². The maximum absolute atomic E-state index is 13.0. The standard InChI is InChI=1S/C12H14FNO2/c1-2-3-15-4-5-16-12-7-10(9-14)6-11(13)8-12/h6-8H,2-5H2,1H3. The van der Waals surface area contributed by atoms with E-state index in [1.807, 2.05) is 13.0 Å². The molecule has 0 bridgehead atoms. The average molecular weight is 223 g/mol. The maximum Gasteiger partial charge on any atom is 0.128 e. The summed E-state index contributed by atoms with van der Waals surface area (Å²) in [6, 6.07) is 5.79. The number of nitriles is 1. The van der Waals surface area contributed by atoms with Gasteiger partial charge in [0.05, 0.1) is 18.2 Å². The van der Waals surface area contributed by atoms with Crippen molar-refractivity contribution in [2.24, 2.45) is 0 Å². The summed E-state index contributed by atoms with van der Waals surface area (Å²) in [6.45, 7) is 3.53. The fourth-order valence-corrected chi connectivity index (χ4v) is 1.18. The lowest BCUT2D eigenvalue weighted by molar-refractivity contribution is 0.100. The molecule has 0 N–H and O–H groups in total. The first-order valence-electron chi connectivity index (χ1n) is 5.17. The molecule has 3 nitrogen and oxygen atoms in total. The topological polar surface area (TPSA) is 42.2 Å². The average Bonchev–Trinajstić information content (AvgIpc) is 2.28. The molecule has 0 aromatic heterocycles. The van der Waals surface area contributed by atoms with Crippen molar-refractivity contribution in [3.8, 4) is 11.8 Å². The van der Waals surface area contributed by atoms with Crippen LogP contribution in [0.15, 0.2) is 18.2 Å². The van der Waals surface area contributed by atoms with Crippen LogP contribution in [-0.2, 0) is 4.74 Å². The predicted octanol–water partition coefficient (Wildman–Crippen LogP) is 2.50. The highest BCUT2D eigenvalue weighted by Crippen LogP contribution is 2.15. The number of benzene rings is 1. The molecule has 0 heterocycles. The highest BCUT2D eigenvalue weighted by atomic mass is 19.1. The first-order valence-corrected chi connectivity index (χ1v) is 5.17. The Balaban J connectivity index is 2.42. The highest BCUT2D eigenvalue weighted by molar-refractivity contribution is 5.36. The van der Waals surface area contributed by atoms with Crippen LogP contribution in [0.4, 0.5) is 4.39 Å². The summed E-state index contributed by atoms with van der Waals surface area (Å²) in [7, 11) is 0. The highest BCUT2D eigenvalue weighted by Gasteiger charge is 2.01. The van der Waals surface area contributed by atoms with Gasteiger partial charge >= 0.3 is 0 Å². The Morgan fingerprint density at radius 2 is 2.06 bits per heavy atom. The van der Waals surface area contributed by atoms with Gasteiger partial charge in [0, 0.05) is 12.7 Å². The fourth-order valence-electron chi connectivity index (χ4n) is 1.18. The lowest BCUT2D eigenvalue weighted by Gasteiger charge is -2.06.